The van der Waals surface area contributed by atoms with Gasteiger partial charge < -0.3 is 9.80 Å². The summed E-state index contributed by atoms with van der Waals surface area (Å²) < 4.78 is 0. The fraction of sp³-hybridized carbons (Fsp3) is 0.529. The summed E-state index contributed by atoms with van der Waals surface area (Å²) in [6.45, 7) is 6.16. The lowest BCUT2D eigenvalue weighted by molar-refractivity contribution is -0.132. The molecule has 0 atom stereocenters. The summed E-state index contributed by atoms with van der Waals surface area (Å²) in [5.74, 6) is 0.375. The number of fused-ring (bicyclic) bond motifs is 1. The number of benzene rings is 1. The van der Waals surface area contributed by atoms with E-state index in [-0.39, 0.29) is 11.8 Å². The number of hydrogen-bond donors (Lipinski definition) is 0. The van der Waals surface area contributed by atoms with Gasteiger partial charge in [-0.25, -0.2) is 0 Å². The van der Waals surface area contributed by atoms with Gasteiger partial charge in [-0.1, -0.05) is 25.1 Å². The number of hydrogen-bond acceptors (Lipinski definition) is 3. The zero-order valence-corrected chi connectivity index (χ0v) is 13.1. The molecule has 118 valence electrons. The molecule has 2 heterocycles. The van der Waals surface area contributed by atoms with Crippen molar-refractivity contribution in [3.63, 3.8) is 0 Å². The molecule has 0 aliphatic carbocycles. The van der Waals surface area contributed by atoms with Crippen molar-refractivity contribution in [1.82, 2.24) is 9.80 Å². The smallest absolute Gasteiger partial charge is 0.241 e. The van der Waals surface area contributed by atoms with Gasteiger partial charge in [-0.05, 0) is 18.1 Å². The van der Waals surface area contributed by atoms with Crippen LogP contribution < -0.4 is 4.90 Å². The summed E-state index contributed by atoms with van der Waals surface area (Å²) in [6, 6.07) is 8.13. The van der Waals surface area contributed by atoms with Crippen LogP contribution in [0.3, 0.4) is 0 Å². The van der Waals surface area contributed by atoms with E-state index in [1.54, 1.807) is 0 Å². The number of carbonyl (C=O) groups excluding carboxylic acids is 2. The molecule has 22 heavy (non-hydrogen) atoms. The number of piperazine rings is 1. The van der Waals surface area contributed by atoms with Gasteiger partial charge in [-0.2, -0.15) is 0 Å². The lowest BCUT2D eigenvalue weighted by Crippen LogP contribution is -2.51. The normalized spacial score (nSPS) is 18.4. The van der Waals surface area contributed by atoms with Crippen LogP contribution in [0.5, 0.6) is 0 Å². The van der Waals surface area contributed by atoms with Gasteiger partial charge in [0.1, 0.15) is 0 Å². The molecule has 1 saturated heterocycles. The minimum atomic E-state index is 0.167. The fourth-order valence-electron chi connectivity index (χ4n) is 3.25. The van der Waals surface area contributed by atoms with E-state index >= 15 is 0 Å². The lowest BCUT2D eigenvalue weighted by atomic mass is 10.2. The Hall–Kier alpha value is -1.88. The average Bonchev–Trinajstić information content (AvgIpc) is 2.99. The Morgan fingerprint density at radius 1 is 1.00 bits per heavy atom. The van der Waals surface area contributed by atoms with Crippen molar-refractivity contribution in [2.45, 2.75) is 19.8 Å². The van der Waals surface area contributed by atoms with Gasteiger partial charge in [-0.3, -0.25) is 14.5 Å². The number of anilines is 1. The van der Waals surface area contributed by atoms with Gasteiger partial charge in [0.05, 0.1) is 6.54 Å². The summed E-state index contributed by atoms with van der Waals surface area (Å²) in [7, 11) is 0. The van der Waals surface area contributed by atoms with Crippen LogP contribution in [-0.2, 0) is 16.0 Å². The first kappa shape index (κ1) is 15.0. The molecule has 3 rings (SSSR count). The second kappa shape index (κ2) is 6.48. The number of nitrogens with zero attached hydrogens (tertiary/aromatic N) is 3. The van der Waals surface area contributed by atoms with Crippen LogP contribution in [0.15, 0.2) is 24.3 Å². The van der Waals surface area contributed by atoms with E-state index in [4.69, 9.17) is 0 Å². The van der Waals surface area contributed by atoms with Crippen LogP contribution in [0.1, 0.15) is 18.9 Å². The third kappa shape index (κ3) is 2.99. The minimum absolute atomic E-state index is 0.167. The molecule has 0 radical (unpaired) electrons. The molecule has 2 aliphatic rings. The van der Waals surface area contributed by atoms with Crippen molar-refractivity contribution >= 4 is 17.5 Å². The first-order valence-electron chi connectivity index (χ1n) is 8.07. The lowest BCUT2D eigenvalue weighted by Gasteiger charge is -2.35. The van der Waals surface area contributed by atoms with Gasteiger partial charge in [-0.15, -0.1) is 0 Å². The van der Waals surface area contributed by atoms with Crippen LogP contribution in [0.2, 0.25) is 0 Å². The number of para-hydroxylation sites is 1. The fourth-order valence-corrected chi connectivity index (χ4v) is 3.25. The third-order valence-corrected chi connectivity index (χ3v) is 4.57. The molecule has 1 aromatic rings. The number of rotatable bonds is 3. The second-order valence-electron chi connectivity index (χ2n) is 5.93. The van der Waals surface area contributed by atoms with Gasteiger partial charge in [0.25, 0.3) is 0 Å². The maximum absolute atomic E-state index is 12.6. The highest BCUT2D eigenvalue weighted by Crippen LogP contribution is 2.27. The van der Waals surface area contributed by atoms with E-state index in [1.165, 1.54) is 5.56 Å². The van der Waals surface area contributed by atoms with Crippen molar-refractivity contribution in [2.75, 3.05) is 44.2 Å². The predicted molar refractivity (Wildman–Crippen MR) is 85.8 cm³/mol. The minimum Gasteiger partial charge on any atom is -0.340 e. The highest BCUT2D eigenvalue weighted by atomic mass is 16.2. The molecule has 0 bridgehead atoms. The maximum atomic E-state index is 12.6. The van der Waals surface area contributed by atoms with E-state index in [0.29, 0.717) is 13.0 Å². The van der Waals surface area contributed by atoms with E-state index < -0.39 is 0 Å². The average molecular weight is 301 g/mol. The maximum Gasteiger partial charge on any atom is 0.241 e. The molecule has 0 aromatic heterocycles. The zero-order valence-electron chi connectivity index (χ0n) is 13.1. The van der Waals surface area contributed by atoms with Crippen molar-refractivity contribution in [2.24, 2.45) is 0 Å². The van der Waals surface area contributed by atoms with Gasteiger partial charge in [0.15, 0.2) is 0 Å². The van der Waals surface area contributed by atoms with E-state index in [9.17, 15) is 9.59 Å². The second-order valence-corrected chi connectivity index (χ2v) is 5.93. The molecule has 0 spiro atoms. The number of amides is 2. The summed E-state index contributed by atoms with van der Waals surface area (Å²) in [5, 5.41) is 0. The topological polar surface area (TPSA) is 43.9 Å². The molecular weight excluding hydrogens is 278 g/mol. The third-order valence-electron chi connectivity index (χ3n) is 4.57. The van der Waals surface area contributed by atoms with Crippen LogP contribution >= 0.6 is 0 Å². The van der Waals surface area contributed by atoms with E-state index in [1.807, 2.05) is 34.9 Å². The molecule has 0 unspecified atom stereocenters. The van der Waals surface area contributed by atoms with E-state index in [2.05, 4.69) is 11.0 Å². The van der Waals surface area contributed by atoms with Crippen LogP contribution in [0, 0.1) is 0 Å². The molecule has 1 fully saturated rings. The van der Waals surface area contributed by atoms with Gasteiger partial charge >= 0.3 is 0 Å². The van der Waals surface area contributed by atoms with Crippen LogP contribution in [-0.4, -0.2) is 60.9 Å². The van der Waals surface area contributed by atoms with Crippen molar-refractivity contribution in [3.05, 3.63) is 29.8 Å². The van der Waals surface area contributed by atoms with Gasteiger partial charge in [0, 0.05) is 44.8 Å². The molecule has 0 N–H and O–H groups in total. The predicted octanol–water partition coefficient (Wildman–Crippen LogP) is 1.13. The summed E-state index contributed by atoms with van der Waals surface area (Å²) in [6.07, 6.45) is 1.50. The monoisotopic (exact) mass is 301 g/mol. The molecule has 2 amide bonds. The first-order chi connectivity index (χ1) is 10.7. The first-order valence-corrected chi connectivity index (χ1v) is 8.07. The van der Waals surface area contributed by atoms with Crippen molar-refractivity contribution in [3.8, 4) is 0 Å². The van der Waals surface area contributed by atoms with Crippen molar-refractivity contribution in [1.29, 1.82) is 0 Å². The van der Waals surface area contributed by atoms with Crippen LogP contribution in [0.4, 0.5) is 5.69 Å². The van der Waals surface area contributed by atoms with Crippen LogP contribution in [0.25, 0.3) is 0 Å². The zero-order chi connectivity index (χ0) is 15.5. The Bertz CT molecular complexity index is 565. The highest BCUT2D eigenvalue weighted by Gasteiger charge is 2.27. The largest absolute Gasteiger partial charge is 0.340 e. The number of carbonyl (C=O) groups is 2. The Morgan fingerprint density at radius 2 is 1.73 bits per heavy atom. The molecule has 0 saturated carbocycles. The summed E-state index contributed by atoms with van der Waals surface area (Å²) in [5.41, 5.74) is 2.32. The molecule has 1 aromatic carbocycles. The Balaban J connectivity index is 1.55. The Kier molecular flexibility index (Phi) is 4.43. The standard InChI is InChI=1S/C17H23N3O2/c1-2-16(21)19-11-9-18(10-12-19)13-17(22)20-8-7-14-5-3-4-6-15(14)20/h3-6H,2,7-13H2,1H3. The molecule has 2 aliphatic heterocycles. The molecular formula is C17H23N3O2. The van der Waals surface area contributed by atoms with Gasteiger partial charge in [0.2, 0.25) is 11.8 Å². The summed E-state index contributed by atoms with van der Waals surface area (Å²) >= 11 is 0. The quantitative estimate of drug-likeness (QED) is 0.840. The molecule has 5 heteroatoms. The van der Waals surface area contributed by atoms with Crippen molar-refractivity contribution < 1.29 is 9.59 Å². The SMILES string of the molecule is CCC(=O)N1CCN(CC(=O)N2CCc3ccccc32)CC1. The van der Waals surface area contributed by atoms with E-state index in [0.717, 1.165) is 44.8 Å². The Morgan fingerprint density at radius 3 is 2.45 bits per heavy atom. The summed E-state index contributed by atoms with van der Waals surface area (Å²) in [4.78, 5) is 30.2. The Labute approximate surface area is 131 Å². The molecule has 5 nitrogen and oxygen atoms in total. The highest BCUT2D eigenvalue weighted by molar-refractivity contribution is 5.96.